The van der Waals surface area contributed by atoms with Crippen molar-refractivity contribution in [3.8, 4) is 16.2 Å². The molecule has 2 aromatic carbocycles. The molecule has 1 aliphatic carbocycles. The van der Waals surface area contributed by atoms with Crippen molar-refractivity contribution in [2.45, 2.75) is 28.5 Å². The summed E-state index contributed by atoms with van der Waals surface area (Å²) in [7, 11) is -4.04. The van der Waals surface area contributed by atoms with Crippen molar-refractivity contribution in [3.05, 3.63) is 72.3 Å². The van der Waals surface area contributed by atoms with Gasteiger partial charge in [-0.15, -0.1) is 11.3 Å². The maximum Gasteiger partial charge on any atom is 0.325 e. The highest BCUT2D eigenvalue weighted by Gasteiger charge is 2.72. The molecule has 4 rings (SSSR count). The van der Waals surface area contributed by atoms with Crippen LogP contribution in [0.5, 0.6) is 5.75 Å². The van der Waals surface area contributed by atoms with E-state index in [-0.39, 0.29) is 16.4 Å². The SMILES string of the molecule is CC1(c2ccccc2)C[C@@]1(NS(=O)(=O)c1ccc(-c2ccc(O)cc2)s1)C(=O)O. The molecule has 0 saturated heterocycles. The van der Waals surface area contributed by atoms with Crippen LogP contribution in [0.1, 0.15) is 18.9 Å². The van der Waals surface area contributed by atoms with Crippen LogP contribution in [0, 0.1) is 0 Å². The van der Waals surface area contributed by atoms with Crippen LogP contribution in [0.2, 0.25) is 0 Å². The number of phenolic OH excluding ortho intramolecular Hbond substituents is 1. The Balaban J connectivity index is 1.65. The van der Waals surface area contributed by atoms with E-state index in [2.05, 4.69) is 4.72 Å². The Labute approximate surface area is 172 Å². The first-order valence-corrected chi connectivity index (χ1v) is 11.2. The minimum absolute atomic E-state index is 0.0449. The highest BCUT2D eigenvalue weighted by atomic mass is 32.2. The second kappa shape index (κ2) is 6.69. The normalized spacial score (nSPS) is 23.6. The lowest BCUT2D eigenvalue weighted by Crippen LogP contribution is -2.47. The Morgan fingerprint density at radius 2 is 1.69 bits per heavy atom. The quantitative estimate of drug-likeness (QED) is 0.556. The first-order chi connectivity index (χ1) is 13.7. The first-order valence-electron chi connectivity index (χ1n) is 8.90. The zero-order valence-electron chi connectivity index (χ0n) is 15.5. The summed E-state index contributed by atoms with van der Waals surface area (Å²) in [5, 5.41) is 19.3. The summed E-state index contributed by atoms with van der Waals surface area (Å²) in [5.74, 6) is -1.07. The Kier molecular flexibility index (Phi) is 4.53. The molecule has 2 atom stereocenters. The molecule has 1 heterocycles. The Bertz CT molecular complexity index is 1170. The smallest absolute Gasteiger partial charge is 0.325 e. The number of carboxylic acid groups (broad SMARTS) is 1. The molecule has 29 heavy (non-hydrogen) atoms. The number of carbonyl (C=O) groups is 1. The molecule has 0 amide bonds. The molecule has 0 spiro atoms. The van der Waals surface area contributed by atoms with Crippen molar-refractivity contribution >= 4 is 27.3 Å². The third-order valence-corrected chi connectivity index (χ3v) is 8.64. The van der Waals surface area contributed by atoms with Gasteiger partial charge in [0, 0.05) is 10.3 Å². The van der Waals surface area contributed by atoms with Gasteiger partial charge >= 0.3 is 5.97 Å². The van der Waals surface area contributed by atoms with Gasteiger partial charge in [0.25, 0.3) is 10.0 Å². The number of sulfonamides is 1. The maximum atomic E-state index is 13.0. The zero-order valence-corrected chi connectivity index (χ0v) is 17.1. The van der Waals surface area contributed by atoms with E-state index < -0.39 is 26.9 Å². The third kappa shape index (κ3) is 3.23. The number of hydrogen-bond acceptors (Lipinski definition) is 5. The second-order valence-corrected chi connectivity index (χ2v) is 10.3. The molecule has 1 saturated carbocycles. The molecule has 3 aromatic rings. The van der Waals surface area contributed by atoms with Crippen LogP contribution in [0.15, 0.2) is 70.9 Å². The van der Waals surface area contributed by atoms with E-state index in [1.807, 2.05) is 30.3 Å². The number of aliphatic carboxylic acids is 1. The van der Waals surface area contributed by atoms with Crippen molar-refractivity contribution in [2.75, 3.05) is 0 Å². The molecular formula is C21H19NO5S2. The minimum Gasteiger partial charge on any atom is -0.508 e. The van der Waals surface area contributed by atoms with E-state index in [0.717, 1.165) is 22.5 Å². The highest BCUT2D eigenvalue weighted by molar-refractivity contribution is 7.91. The monoisotopic (exact) mass is 429 g/mol. The summed E-state index contributed by atoms with van der Waals surface area (Å²) < 4.78 is 28.5. The maximum absolute atomic E-state index is 13.0. The number of nitrogens with one attached hydrogen (secondary N) is 1. The molecule has 1 unspecified atom stereocenters. The van der Waals surface area contributed by atoms with Crippen LogP contribution in [-0.4, -0.2) is 30.1 Å². The highest BCUT2D eigenvalue weighted by Crippen LogP contribution is 2.58. The summed E-state index contributed by atoms with van der Waals surface area (Å²) >= 11 is 1.05. The number of carboxylic acids is 1. The van der Waals surface area contributed by atoms with Crippen LogP contribution in [0.3, 0.4) is 0 Å². The first kappa shape index (κ1) is 19.6. The average molecular weight is 430 g/mol. The lowest BCUT2D eigenvalue weighted by Gasteiger charge is -2.20. The number of phenols is 1. The third-order valence-electron chi connectivity index (χ3n) is 5.52. The summed E-state index contributed by atoms with van der Waals surface area (Å²) in [6.07, 6.45) is 0.175. The molecule has 0 bridgehead atoms. The van der Waals surface area contributed by atoms with Crippen LogP contribution in [-0.2, 0) is 20.2 Å². The van der Waals surface area contributed by atoms with E-state index in [4.69, 9.17) is 0 Å². The van der Waals surface area contributed by atoms with Crippen LogP contribution < -0.4 is 4.72 Å². The number of benzene rings is 2. The fraction of sp³-hybridized carbons (Fsp3) is 0.190. The zero-order chi connectivity index (χ0) is 20.9. The summed E-state index contributed by atoms with van der Waals surface area (Å²) in [6.45, 7) is 1.76. The van der Waals surface area contributed by atoms with E-state index >= 15 is 0 Å². The van der Waals surface area contributed by atoms with Gasteiger partial charge in [0.2, 0.25) is 0 Å². The standard InChI is InChI=1S/C21H19NO5S2/c1-20(15-5-3-2-4-6-15)13-21(20,19(24)25)22-29(26,27)18-12-11-17(28-18)14-7-9-16(23)10-8-14/h2-12,22-23H,13H2,1H3,(H,24,25)/t20?,21-/m1/s1. The molecule has 6 nitrogen and oxygen atoms in total. The lowest BCUT2D eigenvalue weighted by atomic mass is 9.93. The van der Waals surface area contributed by atoms with Gasteiger partial charge in [-0.2, -0.15) is 4.72 Å². The molecule has 3 N–H and O–H groups in total. The number of thiophene rings is 1. The number of rotatable bonds is 6. The van der Waals surface area contributed by atoms with Crippen molar-refractivity contribution in [1.82, 2.24) is 4.72 Å². The average Bonchev–Trinajstić information content (AvgIpc) is 3.05. The molecule has 8 heteroatoms. The van der Waals surface area contributed by atoms with Gasteiger partial charge in [0.15, 0.2) is 0 Å². The molecule has 150 valence electrons. The molecule has 0 radical (unpaired) electrons. The molecule has 1 aromatic heterocycles. The topological polar surface area (TPSA) is 104 Å². The predicted molar refractivity (Wildman–Crippen MR) is 111 cm³/mol. The van der Waals surface area contributed by atoms with Crippen LogP contribution in [0.4, 0.5) is 0 Å². The van der Waals surface area contributed by atoms with Crippen molar-refractivity contribution < 1.29 is 23.4 Å². The second-order valence-electron chi connectivity index (χ2n) is 7.36. The molecular weight excluding hydrogens is 410 g/mol. The fourth-order valence-electron chi connectivity index (χ4n) is 3.67. The molecule has 1 aliphatic rings. The van der Waals surface area contributed by atoms with E-state index in [9.17, 15) is 23.4 Å². The van der Waals surface area contributed by atoms with E-state index in [1.54, 1.807) is 25.1 Å². The largest absolute Gasteiger partial charge is 0.508 e. The van der Waals surface area contributed by atoms with Crippen LogP contribution >= 0.6 is 11.3 Å². The van der Waals surface area contributed by atoms with E-state index in [1.165, 1.54) is 18.2 Å². The lowest BCUT2D eigenvalue weighted by molar-refractivity contribution is -0.140. The summed E-state index contributed by atoms with van der Waals surface area (Å²) in [5.41, 5.74) is -0.871. The van der Waals surface area contributed by atoms with Crippen molar-refractivity contribution in [1.29, 1.82) is 0 Å². The number of aromatic hydroxyl groups is 1. The van der Waals surface area contributed by atoms with Crippen molar-refractivity contribution in [2.24, 2.45) is 0 Å². The summed E-state index contributed by atoms with van der Waals surface area (Å²) in [4.78, 5) is 12.8. The minimum atomic E-state index is -4.04. The van der Waals surface area contributed by atoms with Gasteiger partial charge < -0.3 is 10.2 Å². The Morgan fingerprint density at radius 3 is 2.31 bits per heavy atom. The fourth-order valence-corrected chi connectivity index (χ4v) is 6.44. The van der Waals surface area contributed by atoms with Gasteiger partial charge in [0.05, 0.1) is 0 Å². The van der Waals surface area contributed by atoms with E-state index in [0.29, 0.717) is 4.88 Å². The Hall–Kier alpha value is -2.68. The van der Waals surface area contributed by atoms with Crippen LogP contribution in [0.25, 0.3) is 10.4 Å². The Morgan fingerprint density at radius 1 is 1.03 bits per heavy atom. The van der Waals surface area contributed by atoms with Gasteiger partial charge in [-0.25, -0.2) is 8.42 Å². The van der Waals surface area contributed by atoms with Gasteiger partial charge in [-0.1, -0.05) is 37.3 Å². The molecule has 0 aliphatic heterocycles. The number of hydrogen-bond donors (Lipinski definition) is 3. The van der Waals surface area contributed by atoms with Crippen molar-refractivity contribution in [3.63, 3.8) is 0 Å². The predicted octanol–water partition coefficient (Wildman–Crippen LogP) is 3.58. The van der Waals surface area contributed by atoms with Gasteiger partial charge in [0.1, 0.15) is 15.5 Å². The summed E-state index contributed by atoms with van der Waals surface area (Å²) in [6, 6.07) is 18.6. The van der Waals surface area contributed by atoms with Gasteiger partial charge in [-0.05, 0) is 53.9 Å². The van der Waals surface area contributed by atoms with Gasteiger partial charge in [-0.3, -0.25) is 4.79 Å². The molecule has 1 fully saturated rings.